The monoisotopic (exact) mass is 602 g/mol. The molecule has 0 bridgehead atoms. The summed E-state index contributed by atoms with van der Waals surface area (Å²) in [5, 5.41) is 16.0. The lowest BCUT2D eigenvalue weighted by Crippen LogP contribution is -2.29. The number of carbonyl (C=O) groups excluding carboxylic acids is 1. The van der Waals surface area contributed by atoms with E-state index in [-0.39, 0.29) is 11.8 Å². The molecule has 1 spiro atoms. The van der Waals surface area contributed by atoms with Crippen LogP contribution in [0.5, 0.6) is 0 Å². The molecule has 0 unspecified atom stereocenters. The molecule has 7 rings (SSSR count). The Morgan fingerprint density at radius 3 is 2.45 bits per heavy atom. The lowest BCUT2D eigenvalue weighted by atomic mass is 9.92. The second-order valence-corrected chi connectivity index (χ2v) is 11.7. The number of benzene rings is 3. The van der Waals surface area contributed by atoms with Gasteiger partial charge in [0, 0.05) is 30.6 Å². The van der Waals surface area contributed by atoms with E-state index in [1.54, 1.807) is 0 Å². The first-order valence-electron chi connectivity index (χ1n) is 14.7. The summed E-state index contributed by atoms with van der Waals surface area (Å²) in [5.41, 5.74) is 7.53. The number of amides is 1. The van der Waals surface area contributed by atoms with Gasteiger partial charge in [0.25, 0.3) is 0 Å². The Morgan fingerprint density at radius 1 is 1.05 bits per heavy atom. The number of fused-ring (bicyclic) bond motifs is 3. The zero-order chi connectivity index (χ0) is 31.1. The number of piperidine rings is 1. The number of alkyl halides is 3. The summed E-state index contributed by atoms with van der Waals surface area (Å²) in [4.78, 5) is 26.5. The number of likely N-dealkylation sites (tertiary alicyclic amines) is 1. The normalized spacial score (nSPS) is 21.5. The zero-order valence-corrected chi connectivity index (χ0v) is 24.3. The van der Waals surface area contributed by atoms with Gasteiger partial charge in [-0.05, 0) is 72.8 Å². The van der Waals surface area contributed by atoms with Gasteiger partial charge in [-0.2, -0.15) is 18.3 Å². The molecule has 1 saturated heterocycles. The van der Waals surface area contributed by atoms with Gasteiger partial charge in [0.05, 0.1) is 16.6 Å². The number of aromatic amines is 1. The molecule has 1 saturated carbocycles. The van der Waals surface area contributed by atoms with Crippen LogP contribution in [0, 0.1) is 0 Å². The van der Waals surface area contributed by atoms with Gasteiger partial charge >= 0.3 is 12.1 Å². The molecule has 1 amide bonds. The largest absolute Gasteiger partial charge is 0.490 e. The number of H-pyrrole nitrogens is 1. The van der Waals surface area contributed by atoms with Crippen molar-refractivity contribution in [3.8, 4) is 0 Å². The molecule has 3 aromatic carbocycles. The number of carboxylic acids is 1. The molecule has 2 fully saturated rings. The van der Waals surface area contributed by atoms with Crippen molar-refractivity contribution in [3.63, 3.8) is 0 Å². The molecule has 2 N–H and O–H groups in total. The minimum Gasteiger partial charge on any atom is -0.475 e. The quantitative estimate of drug-likeness (QED) is 0.264. The predicted molar refractivity (Wildman–Crippen MR) is 163 cm³/mol. The highest BCUT2D eigenvalue weighted by Crippen LogP contribution is 2.66. The number of halogens is 3. The maximum atomic E-state index is 13.2. The molecule has 1 aromatic heterocycles. The van der Waals surface area contributed by atoms with Gasteiger partial charge in [-0.25, -0.2) is 4.79 Å². The van der Waals surface area contributed by atoms with Crippen molar-refractivity contribution in [2.24, 2.45) is 0 Å². The molecule has 1 aliphatic carbocycles. The van der Waals surface area contributed by atoms with Crippen molar-refractivity contribution in [2.45, 2.75) is 49.7 Å². The summed E-state index contributed by atoms with van der Waals surface area (Å²) >= 11 is 0. The van der Waals surface area contributed by atoms with E-state index in [0.29, 0.717) is 0 Å². The number of hydrogen-bond donors (Lipinski definition) is 2. The smallest absolute Gasteiger partial charge is 0.475 e. The van der Waals surface area contributed by atoms with E-state index in [0.717, 1.165) is 35.2 Å². The number of para-hydroxylation sites is 1. The lowest BCUT2D eigenvalue weighted by Gasteiger charge is -2.26. The lowest BCUT2D eigenvalue weighted by molar-refractivity contribution is -0.192. The maximum absolute atomic E-state index is 13.2. The molecule has 10 heteroatoms. The molecule has 0 radical (unpaired) electrons. The summed E-state index contributed by atoms with van der Waals surface area (Å²) < 4.78 is 31.7. The Hall–Kier alpha value is -4.44. The van der Waals surface area contributed by atoms with Gasteiger partial charge in [-0.15, -0.1) is 0 Å². The first-order chi connectivity index (χ1) is 21.1. The molecule has 4 aromatic rings. The van der Waals surface area contributed by atoms with Crippen LogP contribution in [0.2, 0.25) is 0 Å². The number of anilines is 1. The van der Waals surface area contributed by atoms with Crippen LogP contribution in [-0.2, 0) is 21.5 Å². The number of nitrogens with zero attached hydrogens (tertiary/aromatic N) is 3. The third-order valence-electron chi connectivity index (χ3n) is 8.92. The van der Waals surface area contributed by atoms with E-state index in [1.807, 2.05) is 24.1 Å². The highest BCUT2D eigenvalue weighted by molar-refractivity contribution is 6.11. The highest BCUT2D eigenvalue weighted by atomic mass is 19.4. The number of likely N-dealkylation sites (N-methyl/N-ethyl adjacent to an activating group) is 1. The zero-order valence-electron chi connectivity index (χ0n) is 24.3. The molecular weight excluding hydrogens is 569 g/mol. The fraction of sp³-hybridized carbons (Fsp3) is 0.324. The van der Waals surface area contributed by atoms with Gasteiger partial charge in [0.2, 0.25) is 5.91 Å². The summed E-state index contributed by atoms with van der Waals surface area (Å²) in [6.07, 6.45) is 4.02. The number of aromatic nitrogens is 2. The Kier molecular flexibility index (Phi) is 7.79. The molecule has 44 heavy (non-hydrogen) atoms. The minimum atomic E-state index is -5.08. The van der Waals surface area contributed by atoms with E-state index < -0.39 is 17.6 Å². The maximum Gasteiger partial charge on any atom is 0.490 e. The van der Waals surface area contributed by atoms with E-state index in [9.17, 15) is 18.0 Å². The average molecular weight is 603 g/mol. The van der Waals surface area contributed by atoms with E-state index >= 15 is 0 Å². The summed E-state index contributed by atoms with van der Waals surface area (Å²) in [7, 11) is 1.89. The van der Waals surface area contributed by atoms with Crippen molar-refractivity contribution in [3.05, 3.63) is 94.7 Å². The number of hydrogen-bond acceptors (Lipinski definition) is 4. The van der Waals surface area contributed by atoms with Crippen LogP contribution in [0.1, 0.15) is 59.5 Å². The predicted octanol–water partition coefficient (Wildman–Crippen LogP) is 6.75. The van der Waals surface area contributed by atoms with Crippen LogP contribution in [0.3, 0.4) is 0 Å². The molecule has 228 valence electrons. The fourth-order valence-corrected chi connectivity index (χ4v) is 6.55. The highest BCUT2D eigenvalue weighted by Gasteiger charge is 2.66. The van der Waals surface area contributed by atoms with Crippen molar-refractivity contribution in [2.75, 3.05) is 25.0 Å². The van der Waals surface area contributed by atoms with Crippen molar-refractivity contribution >= 4 is 40.6 Å². The third-order valence-corrected chi connectivity index (χ3v) is 8.92. The van der Waals surface area contributed by atoms with Gasteiger partial charge in [0.1, 0.15) is 0 Å². The van der Waals surface area contributed by atoms with E-state index in [2.05, 4.69) is 81.8 Å². The van der Waals surface area contributed by atoms with Gasteiger partial charge in [-0.1, -0.05) is 67.1 Å². The molecule has 3 aliphatic rings. The second kappa shape index (κ2) is 11.6. The van der Waals surface area contributed by atoms with Gasteiger partial charge in [-0.3, -0.25) is 14.8 Å². The van der Waals surface area contributed by atoms with Gasteiger partial charge < -0.3 is 10.0 Å². The Morgan fingerprint density at radius 2 is 1.75 bits per heavy atom. The van der Waals surface area contributed by atoms with Crippen LogP contribution >= 0.6 is 0 Å². The summed E-state index contributed by atoms with van der Waals surface area (Å²) in [5.74, 6) is -2.33. The number of carbonyl (C=O) groups is 2. The Labute approximate surface area is 253 Å². The van der Waals surface area contributed by atoms with Crippen molar-refractivity contribution in [1.82, 2.24) is 15.1 Å². The number of aliphatic carboxylic acids is 1. The molecular formula is C34H33F3N4O3. The first kappa shape index (κ1) is 29.6. The second-order valence-electron chi connectivity index (χ2n) is 11.7. The average Bonchev–Trinajstić information content (AvgIpc) is 3.59. The van der Waals surface area contributed by atoms with Crippen LogP contribution in [-0.4, -0.2) is 58.4 Å². The molecule has 2 atom stereocenters. The molecule has 7 nitrogen and oxygen atoms in total. The molecule has 3 heterocycles. The van der Waals surface area contributed by atoms with Crippen molar-refractivity contribution < 1.29 is 27.9 Å². The fourth-order valence-electron chi connectivity index (χ4n) is 6.55. The SMILES string of the molecule is CN1C(=O)[C@@]2(C[C@H]2c2ccc3c(C=Cc4ccc(CN5CCCCC5)cc4)n[nH]c3c2)c2ccccc21.O=C(O)C(F)(F)F. The van der Waals surface area contributed by atoms with Gasteiger partial charge in [0.15, 0.2) is 0 Å². The standard InChI is InChI=1S/C32H32N4O.C2HF3O2/c1-35-30-8-4-3-7-26(30)32(31(35)37)20-27(32)24-14-15-25-28(33-34-29(25)19-24)16-13-22-9-11-23(12-10-22)21-36-17-5-2-6-18-36;3-2(4,5)1(6)7/h3-4,7-16,19,27H,2,5-6,17-18,20-21H2,1H3,(H,33,34);(H,6,7)/t27-,32-;/m0./s1. The topological polar surface area (TPSA) is 89.5 Å². The summed E-state index contributed by atoms with van der Waals surface area (Å²) in [6.45, 7) is 3.49. The number of rotatable bonds is 5. The van der Waals surface area contributed by atoms with Crippen LogP contribution < -0.4 is 4.90 Å². The number of carboxylic acid groups (broad SMARTS) is 1. The van der Waals surface area contributed by atoms with E-state index in [1.165, 1.54) is 54.6 Å². The van der Waals surface area contributed by atoms with E-state index in [4.69, 9.17) is 9.90 Å². The van der Waals surface area contributed by atoms with Crippen molar-refractivity contribution in [1.29, 1.82) is 0 Å². The van der Waals surface area contributed by atoms with Crippen LogP contribution in [0.25, 0.3) is 23.1 Å². The number of nitrogens with one attached hydrogen (secondary N) is 1. The Bertz CT molecular complexity index is 1720. The Balaban J connectivity index is 0.000000441. The van der Waals surface area contributed by atoms with Crippen LogP contribution in [0.15, 0.2) is 66.7 Å². The first-order valence-corrected chi connectivity index (χ1v) is 14.7. The third kappa shape index (κ3) is 5.61. The molecule has 2 aliphatic heterocycles. The minimum absolute atomic E-state index is 0.209. The van der Waals surface area contributed by atoms with Crippen LogP contribution in [0.4, 0.5) is 18.9 Å². The summed E-state index contributed by atoms with van der Waals surface area (Å²) in [6, 6.07) is 23.6.